The fraction of sp³-hybridized carbons (Fsp3) is 0.429. The number of morpholine rings is 1. The lowest BCUT2D eigenvalue weighted by atomic mass is 10.2. The molecule has 0 radical (unpaired) electrons. The van der Waals surface area contributed by atoms with E-state index in [-0.39, 0.29) is 11.3 Å². The predicted octanol–water partition coefficient (Wildman–Crippen LogP) is 0.784. The molecule has 1 fully saturated rings. The van der Waals surface area contributed by atoms with Crippen LogP contribution >= 0.6 is 0 Å². The first kappa shape index (κ1) is 12.9. The molecule has 2 aromatic rings. The summed E-state index contributed by atoms with van der Waals surface area (Å²) in [7, 11) is 1.65. The molecule has 2 heterocycles. The van der Waals surface area contributed by atoms with Gasteiger partial charge in [0, 0.05) is 31.9 Å². The SMILES string of the molecule is Cc1nc2cc(N3CCOCC3)cc(O)c2n(C)c1=O. The van der Waals surface area contributed by atoms with E-state index < -0.39 is 0 Å². The van der Waals surface area contributed by atoms with E-state index in [1.807, 2.05) is 6.07 Å². The third kappa shape index (κ3) is 2.02. The van der Waals surface area contributed by atoms with Crippen LogP contribution in [0.25, 0.3) is 11.0 Å². The monoisotopic (exact) mass is 275 g/mol. The molecule has 0 unspecified atom stereocenters. The van der Waals surface area contributed by atoms with Gasteiger partial charge in [-0.05, 0) is 13.0 Å². The Labute approximate surface area is 116 Å². The average molecular weight is 275 g/mol. The van der Waals surface area contributed by atoms with E-state index in [9.17, 15) is 9.90 Å². The zero-order valence-electron chi connectivity index (χ0n) is 11.6. The first-order chi connectivity index (χ1) is 9.58. The Kier molecular flexibility index (Phi) is 3.10. The van der Waals surface area contributed by atoms with Crippen LogP contribution in [-0.2, 0) is 11.8 Å². The van der Waals surface area contributed by atoms with Crippen LogP contribution in [0, 0.1) is 6.92 Å². The number of anilines is 1. The molecule has 0 atom stereocenters. The molecular weight excluding hydrogens is 258 g/mol. The molecule has 1 aromatic heterocycles. The van der Waals surface area contributed by atoms with Gasteiger partial charge in [-0.15, -0.1) is 0 Å². The number of aryl methyl sites for hydroxylation is 2. The standard InChI is InChI=1S/C14H17N3O3/c1-9-14(19)16(2)13-11(15-9)7-10(8-12(13)18)17-3-5-20-6-4-17/h7-8,18H,3-6H2,1-2H3. The smallest absolute Gasteiger partial charge is 0.272 e. The minimum Gasteiger partial charge on any atom is -0.506 e. The first-order valence-corrected chi connectivity index (χ1v) is 6.61. The summed E-state index contributed by atoms with van der Waals surface area (Å²) < 4.78 is 6.77. The van der Waals surface area contributed by atoms with E-state index in [2.05, 4.69) is 9.88 Å². The van der Waals surface area contributed by atoms with Gasteiger partial charge in [-0.3, -0.25) is 4.79 Å². The van der Waals surface area contributed by atoms with Crippen molar-refractivity contribution < 1.29 is 9.84 Å². The molecule has 0 bridgehead atoms. The lowest BCUT2D eigenvalue weighted by molar-refractivity contribution is 0.122. The number of fused-ring (bicyclic) bond motifs is 1. The Balaban J connectivity index is 2.18. The second-order valence-electron chi connectivity index (χ2n) is 4.99. The van der Waals surface area contributed by atoms with E-state index >= 15 is 0 Å². The molecule has 1 saturated heterocycles. The molecule has 3 rings (SSSR count). The average Bonchev–Trinajstić information content (AvgIpc) is 2.45. The molecular formula is C14H17N3O3. The number of hydrogen-bond acceptors (Lipinski definition) is 5. The van der Waals surface area contributed by atoms with Gasteiger partial charge >= 0.3 is 0 Å². The zero-order valence-corrected chi connectivity index (χ0v) is 11.6. The van der Waals surface area contributed by atoms with Gasteiger partial charge in [0.05, 0.1) is 18.7 Å². The molecule has 20 heavy (non-hydrogen) atoms. The normalized spacial score (nSPS) is 15.8. The summed E-state index contributed by atoms with van der Waals surface area (Å²) in [5, 5.41) is 10.2. The lowest BCUT2D eigenvalue weighted by Crippen LogP contribution is -2.36. The van der Waals surface area contributed by atoms with Crippen molar-refractivity contribution in [2.24, 2.45) is 7.05 Å². The maximum atomic E-state index is 11.9. The van der Waals surface area contributed by atoms with Gasteiger partial charge in [0.25, 0.3) is 5.56 Å². The minimum absolute atomic E-state index is 0.0797. The van der Waals surface area contributed by atoms with Crippen molar-refractivity contribution in [3.63, 3.8) is 0 Å². The van der Waals surface area contributed by atoms with Gasteiger partial charge in [0.15, 0.2) is 0 Å². The van der Waals surface area contributed by atoms with Crippen molar-refractivity contribution in [2.45, 2.75) is 6.92 Å². The van der Waals surface area contributed by atoms with E-state index in [4.69, 9.17) is 4.74 Å². The number of phenols is 1. The number of benzene rings is 1. The van der Waals surface area contributed by atoms with Crippen LogP contribution in [0.4, 0.5) is 5.69 Å². The van der Waals surface area contributed by atoms with Crippen LogP contribution in [-0.4, -0.2) is 41.0 Å². The van der Waals surface area contributed by atoms with Crippen molar-refractivity contribution in [2.75, 3.05) is 31.2 Å². The van der Waals surface area contributed by atoms with Gasteiger partial charge in [-0.25, -0.2) is 4.98 Å². The fourth-order valence-electron chi connectivity index (χ4n) is 2.60. The maximum absolute atomic E-state index is 11.9. The van der Waals surface area contributed by atoms with Crippen molar-refractivity contribution in [3.8, 4) is 5.75 Å². The Morgan fingerprint density at radius 3 is 2.70 bits per heavy atom. The molecule has 0 saturated carbocycles. The van der Waals surface area contributed by atoms with Crippen LogP contribution in [0.1, 0.15) is 5.69 Å². The highest BCUT2D eigenvalue weighted by molar-refractivity contribution is 5.85. The highest BCUT2D eigenvalue weighted by Crippen LogP contribution is 2.29. The molecule has 0 aliphatic carbocycles. The number of aromatic hydroxyl groups is 1. The molecule has 6 heteroatoms. The zero-order chi connectivity index (χ0) is 14.3. The summed E-state index contributed by atoms with van der Waals surface area (Å²) >= 11 is 0. The fourth-order valence-corrected chi connectivity index (χ4v) is 2.60. The number of ether oxygens (including phenoxy) is 1. The predicted molar refractivity (Wildman–Crippen MR) is 76.4 cm³/mol. The number of aromatic nitrogens is 2. The number of hydrogen-bond donors (Lipinski definition) is 1. The summed E-state index contributed by atoms with van der Waals surface area (Å²) in [4.78, 5) is 18.3. The van der Waals surface area contributed by atoms with Crippen LogP contribution in [0.15, 0.2) is 16.9 Å². The number of rotatable bonds is 1. The Morgan fingerprint density at radius 1 is 1.30 bits per heavy atom. The molecule has 1 aliphatic heterocycles. The summed E-state index contributed by atoms with van der Waals surface area (Å²) in [5.41, 5.74) is 2.25. The van der Waals surface area contributed by atoms with Gasteiger partial charge in [0.2, 0.25) is 0 Å². The quantitative estimate of drug-likeness (QED) is 0.833. The van der Waals surface area contributed by atoms with E-state index in [0.717, 1.165) is 18.8 Å². The summed E-state index contributed by atoms with van der Waals surface area (Å²) in [5.74, 6) is 0.0797. The molecule has 1 N–H and O–H groups in total. The van der Waals surface area contributed by atoms with Crippen molar-refractivity contribution >= 4 is 16.7 Å². The largest absolute Gasteiger partial charge is 0.506 e. The topological polar surface area (TPSA) is 67.6 Å². The van der Waals surface area contributed by atoms with Crippen LogP contribution in [0.5, 0.6) is 5.75 Å². The summed E-state index contributed by atoms with van der Waals surface area (Å²) in [6, 6.07) is 3.59. The summed E-state index contributed by atoms with van der Waals surface area (Å²) in [6.07, 6.45) is 0. The minimum atomic E-state index is -0.188. The van der Waals surface area contributed by atoms with Gasteiger partial charge in [-0.2, -0.15) is 0 Å². The van der Waals surface area contributed by atoms with E-state index in [1.54, 1.807) is 20.0 Å². The molecule has 106 valence electrons. The highest BCUT2D eigenvalue weighted by Gasteiger charge is 2.16. The van der Waals surface area contributed by atoms with Crippen molar-refractivity contribution in [1.82, 2.24) is 9.55 Å². The van der Waals surface area contributed by atoms with Crippen LogP contribution < -0.4 is 10.5 Å². The lowest BCUT2D eigenvalue weighted by Gasteiger charge is -2.29. The Morgan fingerprint density at radius 2 is 2.00 bits per heavy atom. The third-order valence-electron chi connectivity index (χ3n) is 3.67. The van der Waals surface area contributed by atoms with Crippen LogP contribution in [0.2, 0.25) is 0 Å². The van der Waals surface area contributed by atoms with E-state index in [0.29, 0.717) is 29.9 Å². The maximum Gasteiger partial charge on any atom is 0.272 e. The van der Waals surface area contributed by atoms with Crippen molar-refractivity contribution in [3.05, 3.63) is 28.2 Å². The first-order valence-electron chi connectivity index (χ1n) is 6.61. The van der Waals surface area contributed by atoms with Crippen molar-refractivity contribution in [1.29, 1.82) is 0 Å². The van der Waals surface area contributed by atoms with E-state index in [1.165, 1.54) is 4.57 Å². The van der Waals surface area contributed by atoms with Gasteiger partial charge < -0.3 is 19.3 Å². The number of nitrogens with zero attached hydrogens (tertiary/aromatic N) is 3. The second-order valence-corrected chi connectivity index (χ2v) is 4.99. The molecule has 1 aliphatic rings. The molecule has 6 nitrogen and oxygen atoms in total. The molecule has 1 aromatic carbocycles. The Hall–Kier alpha value is -2.08. The molecule has 0 amide bonds. The third-order valence-corrected chi connectivity index (χ3v) is 3.67. The highest BCUT2D eigenvalue weighted by atomic mass is 16.5. The molecule has 0 spiro atoms. The van der Waals surface area contributed by atoms with Gasteiger partial charge in [-0.1, -0.05) is 0 Å². The van der Waals surface area contributed by atoms with Gasteiger partial charge in [0.1, 0.15) is 17.0 Å². The second kappa shape index (κ2) is 4.79. The number of phenolic OH excluding ortho intramolecular Hbond substituents is 1. The Bertz CT molecular complexity index is 718. The summed E-state index contributed by atoms with van der Waals surface area (Å²) in [6.45, 7) is 4.61. The van der Waals surface area contributed by atoms with Crippen LogP contribution in [0.3, 0.4) is 0 Å².